The lowest BCUT2D eigenvalue weighted by Gasteiger charge is -2.28. The topological polar surface area (TPSA) is 31.5 Å². The summed E-state index contributed by atoms with van der Waals surface area (Å²) in [5.74, 6) is 2.72. The minimum atomic E-state index is 0.0332. The molecule has 0 N–H and O–H groups in total. The first-order chi connectivity index (χ1) is 20.9. The second kappa shape index (κ2) is 8.98. The van der Waals surface area contributed by atoms with Gasteiger partial charge in [0, 0.05) is 5.56 Å². The van der Waals surface area contributed by atoms with Crippen molar-refractivity contribution >= 4 is 50.9 Å². The molecule has 0 fully saturated rings. The van der Waals surface area contributed by atoms with E-state index in [0.717, 1.165) is 50.6 Å². The van der Waals surface area contributed by atoms with Crippen LogP contribution in [-0.2, 0) is 0 Å². The average molecular weight is 537 g/mol. The van der Waals surface area contributed by atoms with Gasteiger partial charge in [-0.1, -0.05) is 109 Å². The third-order valence-electron chi connectivity index (χ3n) is 8.49. The summed E-state index contributed by atoms with van der Waals surface area (Å²) < 4.78 is 11.0. The Morgan fingerprint density at radius 3 is 1.79 bits per heavy atom. The zero-order valence-electron chi connectivity index (χ0n) is 22.7. The van der Waals surface area contributed by atoms with Crippen LogP contribution in [0.4, 0.5) is 0 Å². The van der Waals surface area contributed by atoms with Crippen molar-refractivity contribution in [2.75, 3.05) is 0 Å². The Bertz CT molecular complexity index is 2270. The number of hydrogen-bond donors (Lipinski definition) is 0. The highest BCUT2D eigenvalue weighted by Gasteiger charge is 2.34. The Kier molecular flexibility index (Phi) is 4.96. The number of fused-ring (bicyclic) bond motifs is 7. The highest BCUT2D eigenvalue weighted by Crippen LogP contribution is 2.34. The van der Waals surface area contributed by atoms with Gasteiger partial charge in [0.1, 0.15) is 11.5 Å². The molecular weight excluding hydrogens is 513 g/mol. The third kappa shape index (κ3) is 3.28. The lowest BCUT2D eigenvalue weighted by atomic mass is 9.35. The molecule has 1 aliphatic rings. The maximum Gasteiger partial charge on any atom is 0.251 e. The van der Waals surface area contributed by atoms with Crippen molar-refractivity contribution in [1.82, 2.24) is 14.0 Å². The Hall–Kier alpha value is -5.55. The molecule has 0 unspecified atom stereocenters. The van der Waals surface area contributed by atoms with Crippen molar-refractivity contribution in [2.45, 2.75) is 0 Å². The molecule has 1 aliphatic heterocycles. The van der Waals surface area contributed by atoms with Crippen molar-refractivity contribution in [3.63, 3.8) is 0 Å². The number of benzene rings is 6. The van der Waals surface area contributed by atoms with Crippen LogP contribution in [-0.4, -0.2) is 20.7 Å². The molecule has 0 saturated carbocycles. The number of ether oxygens (including phenoxy) is 1. The fourth-order valence-corrected chi connectivity index (χ4v) is 6.72. The molecule has 0 saturated heterocycles. The van der Waals surface area contributed by atoms with Gasteiger partial charge in [-0.3, -0.25) is 8.97 Å². The quantitative estimate of drug-likeness (QED) is 0.235. The van der Waals surface area contributed by atoms with Crippen LogP contribution in [0.25, 0.3) is 44.7 Å². The van der Waals surface area contributed by atoms with Gasteiger partial charge in [0.2, 0.25) is 5.78 Å². The lowest BCUT2D eigenvalue weighted by molar-refractivity contribution is 0.487. The van der Waals surface area contributed by atoms with Crippen molar-refractivity contribution in [3.05, 3.63) is 146 Å². The van der Waals surface area contributed by atoms with Crippen LogP contribution in [0, 0.1) is 0 Å². The summed E-state index contributed by atoms with van der Waals surface area (Å²) in [7, 11) is 0. The van der Waals surface area contributed by atoms with E-state index in [0.29, 0.717) is 0 Å². The molecule has 0 aliphatic carbocycles. The van der Waals surface area contributed by atoms with E-state index in [1.165, 1.54) is 22.0 Å². The first kappa shape index (κ1) is 23.2. The highest BCUT2D eigenvalue weighted by molar-refractivity contribution is 6.97. The Labute approximate surface area is 243 Å². The van der Waals surface area contributed by atoms with Crippen LogP contribution in [0.15, 0.2) is 146 Å². The van der Waals surface area contributed by atoms with E-state index in [2.05, 4.69) is 142 Å². The second-order valence-corrected chi connectivity index (χ2v) is 10.8. The number of nitrogens with zero attached hydrogens (tertiary/aromatic N) is 3. The van der Waals surface area contributed by atoms with E-state index in [9.17, 15) is 0 Å². The summed E-state index contributed by atoms with van der Waals surface area (Å²) in [5.41, 5.74) is 11.4. The predicted octanol–water partition coefficient (Wildman–Crippen LogP) is 6.72. The number of aromatic nitrogens is 3. The number of hydrogen-bond acceptors (Lipinski definition) is 2. The fourth-order valence-electron chi connectivity index (χ4n) is 6.72. The first-order valence-corrected chi connectivity index (χ1v) is 14.3. The zero-order chi connectivity index (χ0) is 27.6. The molecule has 196 valence electrons. The van der Waals surface area contributed by atoms with Gasteiger partial charge < -0.3 is 4.74 Å². The Morgan fingerprint density at radius 1 is 0.476 bits per heavy atom. The summed E-state index contributed by atoms with van der Waals surface area (Å²) in [5, 5.41) is 0. The predicted molar refractivity (Wildman–Crippen MR) is 173 cm³/mol. The Balaban J connectivity index is 1.34. The normalized spacial score (nSPS) is 12.4. The van der Waals surface area contributed by atoms with Crippen LogP contribution in [0.1, 0.15) is 0 Å². The van der Waals surface area contributed by atoms with Crippen molar-refractivity contribution in [1.29, 1.82) is 0 Å². The van der Waals surface area contributed by atoms with E-state index in [1.807, 2.05) is 12.1 Å². The molecule has 2 aromatic heterocycles. The molecule has 0 atom stereocenters. The molecule has 0 amide bonds. The SMILES string of the molecule is c1ccc2c(c1)Oc1ccccc1B2c1ccccc1-c1ccccc1-n1c2ccccc2n2c3ccccc3nc12. The van der Waals surface area contributed by atoms with Crippen LogP contribution in [0.3, 0.4) is 0 Å². The molecule has 0 radical (unpaired) electrons. The van der Waals surface area contributed by atoms with Gasteiger partial charge in [-0.05, 0) is 59.0 Å². The summed E-state index contributed by atoms with van der Waals surface area (Å²) in [6, 6.07) is 51.2. The summed E-state index contributed by atoms with van der Waals surface area (Å²) in [6.07, 6.45) is 0. The summed E-state index contributed by atoms with van der Waals surface area (Å²) in [6.45, 7) is 0.0332. The molecule has 5 heteroatoms. The van der Waals surface area contributed by atoms with Crippen LogP contribution in [0.2, 0.25) is 0 Å². The number of para-hydroxylation sites is 7. The molecule has 42 heavy (non-hydrogen) atoms. The van der Waals surface area contributed by atoms with E-state index >= 15 is 0 Å². The van der Waals surface area contributed by atoms with Gasteiger partial charge in [0.25, 0.3) is 6.71 Å². The van der Waals surface area contributed by atoms with Gasteiger partial charge in [0.15, 0.2) is 0 Å². The van der Waals surface area contributed by atoms with Gasteiger partial charge in [-0.15, -0.1) is 0 Å². The van der Waals surface area contributed by atoms with Crippen LogP contribution < -0.4 is 21.1 Å². The maximum atomic E-state index is 6.37. The zero-order valence-corrected chi connectivity index (χ0v) is 22.7. The smallest absolute Gasteiger partial charge is 0.251 e. The molecule has 6 aromatic carbocycles. The monoisotopic (exact) mass is 537 g/mol. The fraction of sp³-hybridized carbons (Fsp3) is 0. The summed E-state index contributed by atoms with van der Waals surface area (Å²) in [4.78, 5) is 5.14. The second-order valence-electron chi connectivity index (χ2n) is 10.8. The van der Waals surface area contributed by atoms with Gasteiger partial charge >= 0.3 is 0 Å². The minimum Gasteiger partial charge on any atom is -0.458 e. The van der Waals surface area contributed by atoms with Gasteiger partial charge in [0.05, 0.1) is 27.8 Å². The first-order valence-electron chi connectivity index (χ1n) is 14.3. The summed E-state index contributed by atoms with van der Waals surface area (Å²) >= 11 is 0. The van der Waals surface area contributed by atoms with Crippen molar-refractivity contribution in [3.8, 4) is 28.3 Å². The van der Waals surface area contributed by atoms with Crippen molar-refractivity contribution < 1.29 is 4.74 Å². The third-order valence-corrected chi connectivity index (χ3v) is 8.49. The molecule has 3 heterocycles. The van der Waals surface area contributed by atoms with Crippen LogP contribution in [0.5, 0.6) is 11.5 Å². The highest BCUT2D eigenvalue weighted by atomic mass is 16.5. The molecule has 9 rings (SSSR count). The lowest BCUT2D eigenvalue weighted by Crippen LogP contribution is -2.55. The van der Waals surface area contributed by atoms with E-state index in [-0.39, 0.29) is 6.71 Å². The number of rotatable bonds is 3. The molecule has 4 nitrogen and oxygen atoms in total. The molecule has 0 spiro atoms. The van der Waals surface area contributed by atoms with E-state index in [1.54, 1.807) is 0 Å². The van der Waals surface area contributed by atoms with Gasteiger partial charge in [-0.2, -0.15) is 0 Å². The van der Waals surface area contributed by atoms with Crippen molar-refractivity contribution in [2.24, 2.45) is 0 Å². The maximum absolute atomic E-state index is 6.37. The average Bonchev–Trinajstić information content (AvgIpc) is 3.58. The Morgan fingerprint density at radius 2 is 1.02 bits per heavy atom. The number of imidazole rings is 2. The van der Waals surface area contributed by atoms with E-state index in [4.69, 9.17) is 9.72 Å². The molecule has 0 bridgehead atoms. The largest absolute Gasteiger partial charge is 0.458 e. The van der Waals surface area contributed by atoms with E-state index < -0.39 is 0 Å². The minimum absolute atomic E-state index is 0.0332. The molecular formula is C37H24BN3O. The van der Waals surface area contributed by atoms with Gasteiger partial charge in [-0.25, -0.2) is 4.98 Å². The van der Waals surface area contributed by atoms with Crippen LogP contribution >= 0.6 is 0 Å². The molecule has 8 aromatic rings. The standard InChI is InChI=1S/C37H24BN3O/c1-3-15-27(38-28-16-4-11-23-35(28)42-36-24-12-5-17-29(36)38)25(13-1)26-14-2-7-19-31(26)40-33-21-9-10-22-34(33)41-32-20-8-6-18-30(32)39-37(40)41/h1-24H.